The van der Waals surface area contributed by atoms with Crippen molar-refractivity contribution in [3.05, 3.63) is 80.7 Å². The predicted octanol–water partition coefficient (Wildman–Crippen LogP) is 5.37. The van der Waals surface area contributed by atoms with Gasteiger partial charge < -0.3 is 4.74 Å². The van der Waals surface area contributed by atoms with E-state index in [0.29, 0.717) is 33.2 Å². The zero-order chi connectivity index (χ0) is 21.3. The zero-order valence-corrected chi connectivity index (χ0v) is 18.1. The van der Waals surface area contributed by atoms with Crippen LogP contribution in [-0.4, -0.2) is 21.9 Å². The third-order valence-electron chi connectivity index (χ3n) is 4.79. The van der Waals surface area contributed by atoms with Crippen molar-refractivity contribution in [3.63, 3.8) is 0 Å². The lowest BCUT2D eigenvalue weighted by Crippen LogP contribution is -2.24. The number of hydrogen-bond acceptors (Lipinski definition) is 5. The lowest BCUT2D eigenvalue weighted by Gasteiger charge is -2.07. The van der Waals surface area contributed by atoms with E-state index in [4.69, 9.17) is 16.3 Å². The number of ether oxygens (including phenoxy) is 1. The average molecular weight is 439 g/mol. The number of carbonyl (C=O) groups excluding carboxylic acids is 1. The Morgan fingerprint density at radius 2 is 1.83 bits per heavy atom. The van der Waals surface area contributed by atoms with E-state index in [1.54, 1.807) is 36.4 Å². The highest BCUT2D eigenvalue weighted by Crippen LogP contribution is 2.35. The summed E-state index contributed by atoms with van der Waals surface area (Å²) < 4.78 is 6.78. The molecule has 2 aromatic heterocycles. The normalized spacial score (nSPS) is 11.0. The van der Waals surface area contributed by atoms with E-state index in [1.165, 1.54) is 22.2 Å². The van der Waals surface area contributed by atoms with Crippen LogP contribution < -0.4 is 10.3 Å². The van der Waals surface area contributed by atoms with Gasteiger partial charge in [0.1, 0.15) is 10.6 Å². The van der Waals surface area contributed by atoms with Crippen molar-refractivity contribution in [2.45, 2.75) is 20.4 Å². The molecular formula is C23H19ClN2O3S. The quantitative estimate of drug-likeness (QED) is 0.380. The molecule has 152 valence electrons. The first-order valence-electron chi connectivity index (χ1n) is 9.48. The van der Waals surface area contributed by atoms with Crippen LogP contribution in [0.4, 0.5) is 0 Å². The molecule has 2 aromatic carbocycles. The fourth-order valence-electron chi connectivity index (χ4n) is 3.36. The maximum atomic E-state index is 13.2. The standard InChI is InChI=1S/C23H19ClN2O3S/c1-3-29-18-10-6-15(7-11-18)19(27)12-26-13-25-22-21(23(26)28)20(14(2)30-22)16-4-8-17(24)9-5-16/h4-11,13H,3,12H2,1-2H3. The highest BCUT2D eigenvalue weighted by Gasteiger charge is 2.18. The smallest absolute Gasteiger partial charge is 0.263 e. The van der Waals surface area contributed by atoms with Crippen LogP contribution in [0.1, 0.15) is 22.2 Å². The van der Waals surface area contributed by atoms with Gasteiger partial charge in [0, 0.05) is 21.0 Å². The lowest BCUT2D eigenvalue weighted by molar-refractivity contribution is 0.0970. The highest BCUT2D eigenvalue weighted by atomic mass is 35.5. The molecule has 0 amide bonds. The molecule has 0 spiro atoms. The van der Waals surface area contributed by atoms with Crippen LogP contribution in [-0.2, 0) is 6.54 Å². The number of carbonyl (C=O) groups is 1. The van der Waals surface area contributed by atoms with Gasteiger partial charge in [0.15, 0.2) is 5.78 Å². The van der Waals surface area contributed by atoms with Crippen LogP contribution in [0.5, 0.6) is 5.75 Å². The first-order valence-corrected chi connectivity index (χ1v) is 10.7. The Kier molecular flexibility index (Phi) is 5.70. The molecule has 0 bridgehead atoms. The predicted molar refractivity (Wildman–Crippen MR) is 121 cm³/mol. The number of Topliss-reactive ketones (excluding diaryl/α,β-unsaturated/α-hetero) is 1. The Balaban J connectivity index is 1.71. The van der Waals surface area contributed by atoms with Crippen LogP contribution in [0.25, 0.3) is 21.3 Å². The molecule has 0 fully saturated rings. The van der Waals surface area contributed by atoms with Crippen molar-refractivity contribution in [3.8, 4) is 16.9 Å². The maximum absolute atomic E-state index is 13.2. The van der Waals surface area contributed by atoms with Gasteiger partial charge in [-0.25, -0.2) is 4.98 Å². The average Bonchev–Trinajstić information content (AvgIpc) is 3.08. The number of ketones is 1. The second-order valence-corrected chi connectivity index (χ2v) is 8.42. The van der Waals surface area contributed by atoms with Crippen molar-refractivity contribution < 1.29 is 9.53 Å². The summed E-state index contributed by atoms with van der Waals surface area (Å²) >= 11 is 7.48. The van der Waals surface area contributed by atoms with Crippen molar-refractivity contribution in [2.75, 3.05) is 6.61 Å². The molecule has 0 saturated carbocycles. The number of halogens is 1. The summed E-state index contributed by atoms with van der Waals surface area (Å²) in [7, 11) is 0. The molecule has 0 atom stereocenters. The van der Waals surface area contributed by atoms with Gasteiger partial charge in [-0.2, -0.15) is 0 Å². The highest BCUT2D eigenvalue weighted by molar-refractivity contribution is 7.19. The number of nitrogens with zero attached hydrogens (tertiary/aromatic N) is 2. The van der Waals surface area contributed by atoms with E-state index in [-0.39, 0.29) is 17.9 Å². The number of fused-ring (bicyclic) bond motifs is 1. The minimum absolute atomic E-state index is 0.0787. The third kappa shape index (κ3) is 3.88. The molecule has 30 heavy (non-hydrogen) atoms. The number of benzene rings is 2. The van der Waals surface area contributed by atoms with Gasteiger partial charge in [-0.1, -0.05) is 23.7 Å². The Labute approximate surface area is 182 Å². The Morgan fingerprint density at radius 1 is 1.13 bits per heavy atom. The molecule has 4 aromatic rings. The van der Waals surface area contributed by atoms with E-state index >= 15 is 0 Å². The minimum atomic E-state index is -0.228. The summed E-state index contributed by atoms with van der Waals surface area (Å²) in [6, 6.07) is 14.3. The number of rotatable bonds is 6. The number of hydrogen-bond donors (Lipinski definition) is 0. The van der Waals surface area contributed by atoms with Crippen LogP contribution in [0.2, 0.25) is 5.02 Å². The number of thiophene rings is 1. The van der Waals surface area contributed by atoms with Gasteiger partial charge in [0.05, 0.1) is 24.9 Å². The molecule has 0 aliphatic heterocycles. The van der Waals surface area contributed by atoms with Gasteiger partial charge in [-0.05, 0) is 55.8 Å². The van der Waals surface area contributed by atoms with Gasteiger partial charge in [0.25, 0.3) is 5.56 Å². The summed E-state index contributed by atoms with van der Waals surface area (Å²) in [5.74, 6) is 0.539. The van der Waals surface area contributed by atoms with E-state index < -0.39 is 0 Å². The maximum Gasteiger partial charge on any atom is 0.263 e. The summed E-state index contributed by atoms with van der Waals surface area (Å²) in [6.45, 7) is 4.35. The van der Waals surface area contributed by atoms with Crippen molar-refractivity contribution in [1.82, 2.24) is 9.55 Å². The second-order valence-electron chi connectivity index (χ2n) is 6.78. The SMILES string of the molecule is CCOc1ccc(C(=O)Cn2cnc3sc(C)c(-c4ccc(Cl)cc4)c3c2=O)cc1. The molecule has 0 aliphatic carbocycles. The topological polar surface area (TPSA) is 61.2 Å². The second kappa shape index (κ2) is 8.42. The molecule has 0 radical (unpaired) electrons. The van der Waals surface area contributed by atoms with E-state index in [9.17, 15) is 9.59 Å². The molecule has 4 rings (SSSR count). The molecule has 0 saturated heterocycles. The molecule has 5 nitrogen and oxygen atoms in total. The van der Waals surface area contributed by atoms with Gasteiger partial charge in [-0.15, -0.1) is 11.3 Å². The molecule has 0 unspecified atom stereocenters. The van der Waals surface area contributed by atoms with Crippen molar-refractivity contribution in [1.29, 1.82) is 0 Å². The number of aromatic nitrogens is 2. The largest absolute Gasteiger partial charge is 0.494 e. The Bertz CT molecular complexity index is 1280. The lowest BCUT2D eigenvalue weighted by atomic mass is 10.0. The van der Waals surface area contributed by atoms with E-state index in [2.05, 4.69) is 4.98 Å². The minimum Gasteiger partial charge on any atom is -0.494 e. The van der Waals surface area contributed by atoms with Gasteiger partial charge in [0.2, 0.25) is 0 Å². The first-order chi connectivity index (χ1) is 14.5. The third-order valence-corrected chi connectivity index (χ3v) is 6.05. The molecule has 0 aliphatic rings. The van der Waals surface area contributed by atoms with Crippen LogP contribution >= 0.6 is 22.9 Å². The van der Waals surface area contributed by atoms with E-state index in [0.717, 1.165) is 16.0 Å². The molecular weight excluding hydrogens is 420 g/mol. The summed E-state index contributed by atoms with van der Waals surface area (Å²) in [6.07, 6.45) is 1.44. The summed E-state index contributed by atoms with van der Waals surface area (Å²) in [5.41, 5.74) is 2.03. The van der Waals surface area contributed by atoms with Gasteiger partial charge in [-0.3, -0.25) is 14.2 Å². The fraction of sp³-hybridized carbons (Fsp3) is 0.174. The summed E-state index contributed by atoms with van der Waals surface area (Å²) in [5, 5.41) is 1.16. The van der Waals surface area contributed by atoms with Crippen molar-refractivity contribution >= 4 is 38.9 Å². The number of aryl methyl sites for hydroxylation is 1. The van der Waals surface area contributed by atoms with Crippen LogP contribution in [0.3, 0.4) is 0 Å². The van der Waals surface area contributed by atoms with Crippen molar-refractivity contribution in [2.24, 2.45) is 0 Å². The monoisotopic (exact) mass is 438 g/mol. The Hall–Kier alpha value is -2.96. The van der Waals surface area contributed by atoms with E-state index in [1.807, 2.05) is 26.0 Å². The summed E-state index contributed by atoms with van der Waals surface area (Å²) in [4.78, 5) is 32.1. The molecule has 0 N–H and O–H groups in total. The molecule has 7 heteroatoms. The fourth-order valence-corrected chi connectivity index (χ4v) is 4.49. The first kappa shape index (κ1) is 20.3. The molecule has 2 heterocycles. The van der Waals surface area contributed by atoms with Crippen LogP contribution in [0.15, 0.2) is 59.7 Å². The van der Waals surface area contributed by atoms with Crippen LogP contribution in [0, 0.1) is 6.92 Å². The van der Waals surface area contributed by atoms with Gasteiger partial charge >= 0.3 is 0 Å². The Morgan fingerprint density at radius 3 is 2.50 bits per heavy atom. The zero-order valence-electron chi connectivity index (χ0n) is 16.5.